The molecular formula is C17H20F2N2O. The van der Waals surface area contributed by atoms with E-state index in [9.17, 15) is 8.78 Å². The second kappa shape index (κ2) is 6.16. The third kappa shape index (κ3) is 2.65. The number of imidazole rings is 1. The van der Waals surface area contributed by atoms with E-state index in [1.807, 2.05) is 10.8 Å². The van der Waals surface area contributed by atoms with Crippen molar-refractivity contribution >= 4 is 0 Å². The molecule has 0 bridgehead atoms. The smallest absolute Gasteiger partial charge is 0.170 e. The molecule has 5 heteroatoms. The van der Waals surface area contributed by atoms with Gasteiger partial charge in [-0.1, -0.05) is 6.07 Å². The van der Waals surface area contributed by atoms with Gasteiger partial charge >= 0.3 is 0 Å². The summed E-state index contributed by atoms with van der Waals surface area (Å²) in [6.07, 6.45) is 7.67. The van der Waals surface area contributed by atoms with Crippen LogP contribution in [0.2, 0.25) is 0 Å². The van der Waals surface area contributed by atoms with Crippen LogP contribution in [0.15, 0.2) is 24.5 Å². The van der Waals surface area contributed by atoms with E-state index in [-0.39, 0.29) is 11.6 Å². The number of aryl methyl sites for hydroxylation is 1. The fraction of sp³-hybridized carbons (Fsp3) is 0.471. The van der Waals surface area contributed by atoms with Gasteiger partial charge in [-0.15, -0.1) is 0 Å². The molecule has 1 aliphatic carbocycles. The van der Waals surface area contributed by atoms with Crippen LogP contribution in [0, 0.1) is 18.6 Å². The maximum absolute atomic E-state index is 14.2. The lowest BCUT2D eigenvalue weighted by molar-refractivity contribution is 0.0586. The summed E-state index contributed by atoms with van der Waals surface area (Å²) in [7, 11) is 1.73. The molecule has 0 N–H and O–H groups in total. The Balaban J connectivity index is 1.92. The minimum Gasteiger partial charge on any atom is -0.381 e. The molecule has 1 aromatic heterocycles. The highest BCUT2D eigenvalue weighted by Crippen LogP contribution is 2.34. The molecule has 1 saturated carbocycles. The van der Waals surface area contributed by atoms with Gasteiger partial charge in [-0.3, -0.25) is 0 Å². The summed E-state index contributed by atoms with van der Waals surface area (Å²) in [6.45, 7) is 1.56. The Bertz CT molecular complexity index is 661. The Morgan fingerprint density at radius 3 is 2.55 bits per heavy atom. The summed E-state index contributed by atoms with van der Waals surface area (Å²) in [5, 5.41) is 0. The van der Waals surface area contributed by atoms with Gasteiger partial charge in [0.25, 0.3) is 0 Å². The molecule has 0 radical (unpaired) electrons. The normalized spacial score (nSPS) is 22.0. The molecule has 0 amide bonds. The number of hydrogen-bond acceptors (Lipinski definition) is 2. The minimum atomic E-state index is -0.821. The predicted octanol–water partition coefficient (Wildman–Crippen LogP) is 4.27. The monoisotopic (exact) mass is 306 g/mol. The van der Waals surface area contributed by atoms with Crippen molar-refractivity contribution in [1.29, 1.82) is 0 Å². The van der Waals surface area contributed by atoms with E-state index >= 15 is 0 Å². The molecule has 0 saturated heterocycles. The molecule has 22 heavy (non-hydrogen) atoms. The maximum atomic E-state index is 14.2. The zero-order valence-electron chi connectivity index (χ0n) is 12.9. The van der Waals surface area contributed by atoms with E-state index in [0.717, 1.165) is 25.7 Å². The zero-order valence-corrected chi connectivity index (χ0v) is 12.9. The number of rotatable bonds is 3. The van der Waals surface area contributed by atoms with Crippen LogP contribution in [0.5, 0.6) is 0 Å². The summed E-state index contributed by atoms with van der Waals surface area (Å²) >= 11 is 0. The van der Waals surface area contributed by atoms with E-state index in [2.05, 4.69) is 4.98 Å². The number of nitrogens with zero attached hydrogens (tertiary/aromatic N) is 2. The Morgan fingerprint density at radius 2 is 1.86 bits per heavy atom. The number of ether oxygens (including phenoxy) is 1. The average molecular weight is 306 g/mol. The number of methoxy groups -OCH3 is 1. The number of aromatic nitrogens is 2. The van der Waals surface area contributed by atoms with E-state index in [4.69, 9.17) is 4.74 Å². The van der Waals surface area contributed by atoms with E-state index in [1.54, 1.807) is 32.4 Å². The highest BCUT2D eigenvalue weighted by atomic mass is 19.2. The molecular weight excluding hydrogens is 286 g/mol. The Hall–Kier alpha value is -1.75. The van der Waals surface area contributed by atoms with Crippen molar-refractivity contribution < 1.29 is 13.5 Å². The van der Waals surface area contributed by atoms with Crippen LogP contribution in [0.3, 0.4) is 0 Å². The van der Waals surface area contributed by atoms with Crippen LogP contribution in [0.1, 0.15) is 37.3 Å². The van der Waals surface area contributed by atoms with Gasteiger partial charge in [0, 0.05) is 25.5 Å². The van der Waals surface area contributed by atoms with E-state index in [1.165, 1.54) is 0 Å². The van der Waals surface area contributed by atoms with E-state index < -0.39 is 11.6 Å². The van der Waals surface area contributed by atoms with E-state index in [0.29, 0.717) is 17.5 Å². The fourth-order valence-corrected chi connectivity index (χ4v) is 3.19. The highest BCUT2D eigenvalue weighted by molar-refractivity contribution is 5.57. The molecule has 1 fully saturated rings. The van der Waals surface area contributed by atoms with Gasteiger partial charge in [0.05, 0.1) is 11.7 Å². The molecule has 0 unspecified atom stereocenters. The summed E-state index contributed by atoms with van der Waals surface area (Å²) < 4.78 is 35.4. The van der Waals surface area contributed by atoms with Crippen LogP contribution < -0.4 is 0 Å². The second-order valence-electron chi connectivity index (χ2n) is 5.88. The minimum absolute atomic E-state index is 0.224. The summed E-state index contributed by atoms with van der Waals surface area (Å²) in [4.78, 5) is 4.26. The van der Waals surface area contributed by atoms with Crippen molar-refractivity contribution in [3.8, 4) is 11.4 Å². The molecule has 0 spiro atoms. The highest BCUT2D eigenvalue weighted by Gasteiger charge is 2.25. The largest absolute Gasteiger partial charge is 0.381 e. The van der Waals surface area contributed by atoms with Gasteiger partial charge < -0.3 is 9.30 Å². The van der Waals surface area contributed by atoms with Gasteiger partial charge in [0.15, 0.2) is 11.6 Å². The third-order valence-corrected chi connectivity index (χ3v) is 4.56. The molecule has 1 heterocycles. The topological polar surface area (TPSA) is 27.1 Å². The van der Waals surface area contributed by atoms with Crippen molar-refractivity contribution in [2.24, 2.45) is 0 Å². The van der Waals surface area contributed by atoms with Crippen molar-refractivity contribution in [2.75, 3.05) is 7.11 Å². The Labute approximate surface area is 128 Å². The molecule has 0 atom stereocenters. The predicted molar refractivity (Wildman–Crippen MR) is 80.6 cm³/mol. The first-order valence-corrected chi connectivity index (χ1v) is 7.62. The Morgan fingerprint density at radius 1 is 1.14 bits per heavy atom. The third-order valence-electron chi connectivity index (χ3n) is 4.56. The summed E-state index contributed by atoms with van der Waals surface area (Å²) in [6, 6.07) is 3.45. The van der Waals surface area contributed by atoms with Crippen LogP contribution in [-0.2, 0) is 4.74 Å². The van der Waals surface area contributed by atoms with Crippen LogP contribution in [0.25, 0.3) is 11.4 Å². The first-order valence-electron chi connectivity index (χ1n) is 7.62. The van der Waals surface area contributed by atoms with Crippen LogP contribution in [0.4, 0.5) is 8.78 Å². The lowest BCUT2D eigenvalue weighted by Gasteiger charge is -2.29. The summed E-state index contributed by atoms with van der Waals surface area (Å²) in [5.41, 5.74) is 0.530. The van der Waals surface area contributed by atoms with Crippen LogP contribution >= 0.6 is 0 Å². The van der Waals surface area contributed by atoms with Gasteiger partial charge in [0.2, 0.25) is 0 Å². The average Bonchev–Trinajstić information content (AvgIpc) is 3.02. The number of hydrogen-bond donors (Lipinski definition) is 0. The lowest BCUT2D eigenvalue weighted by atomic mass is 9.92. The molecule has 118 valence electrons. The van der Waals surface area contributed by atoms with Crippen molar-refractivity contribution in [1.82, 2.24) is 9.55 Å². The summed E-state index contributed by atoms with van der Waals surface area (Å²) in [5.74, 6) is -1.12. The first kappa shape index (κ1) is 15.2. The van der Waals surface area contributed by atoms with Gasteiger partial charge in [-0.2, -0.15) is 0 Å². The molecule has 0 aliphatic heterocycles. The van der Waals surface area contributed by atoms with Gasteiger partial charge in [-0.05, 0) is 44.2 Å². The zero-order chi connectivity index (χ0) is 15.7. The lowest BCUT2D eigenvalue weighted by Crippen LogP contribution is -2.23. The van der Waals surface area contributed by atoms with Crippen molar-refractivity contribution in [3.05, 3.63) is 41.7 Å². The number of benzene rings is 1. The maximum Gasteiger partial charge on any atom is 0.170 e. The van der Waals surface area contributed by atoms with Crippen molar-refractivity contribution in [3.63, 3.8) is 0 Å². The molecule has 1 aliphatic rings. The van der Waals surface area contributed by atoms with Gasteiger partial charge in [-0.25, -0.2) is 13.8 Å². The molecule has 2 aromatic rings. The molecule has 3 nitrogen and oxygen atoms in total. The molecule has 3 rings (SSSR count). The van der Waals surface area contributed by atoms with Gasteiger partial charge in [0.1, 0.15) is 5.82 Å². The standard InChI is InChI=1S/C17H20F2N2O/c1-11-3-8-14(16(19)15(11)18)17-20-9-10-21(17)12-4-6-13(22-2)7-5-12/h3,8-10,12-13H,4-7H2,1-2H3. The molecule has 1 aromatic carbocycles. The quantitative estimate of drug-likeness (QED) is 0.847. The van der Waals surface area contributed by atoms with Crippen molar-refractivity contribution in [2.45, 2.75) is 44.8 Å². The first-order chi connectivity index (χ1) is 10.6. The Kier molecular flexibility index (Phi) is 4.25. The fourth-order valence-electron chi connectivity index (χ4n) is 3.19. The second-order valence-corrected chi connectivity index (χ2v) is 5.88. The number of halogens is 2. The SMILES string of the molecule is COC1CCC(n2ccnc2-c2ccc(C)c(F)c2F)CC1. The van der Waals surface area contributed by atoms with Crippen LogP contribution in [-0.4, -0.2) is 22.8 Å².